The molecule has 0 spiro atoms. The van der Waals surface area contributed by atoms with Crippen molar-refractivity contribution >= 4 is 5.69 Å². The predicted molar refractivity (Wildman–Crippen MR) is 76.8 cm³/mol. The Hall–Kier alpha value is -2.07. The molecule has 19 heavy (non-hydrogen) atoms. The maximum Gasteiger partial charge on any atom is 0.120 e. The average molecular weight is 257 g/mol. The van der Waals surface area contributed by atoms with Gasteiger partial charge in [-0.25, -0.2) is 0 Å². The van der Waals surface area contributed by atoms with Crippen LogP contribution in [0.15, 0.2) is 42.7 Å². The molecular weight excluding hydrogens is 238 g/mol. The van der Waals surface area contributed by atoms with Gasteiger partial charge >= 0.3 is 0 Å². The third-order valence-corrected chi connectivity index (χ3v) is 3.08. The van der Waals surface area contributed by atoms with Crippen molar-refractivity contribution in [3.63, 3.8) is 0 Å². The molecule has 0 aliphatic carbocycles. The molecule has 1 aromatic carbocycles. The molecule has 0 fully saturated rings. The number of pyridine rings is 1. The summed E-state index contributed by atoms with van der Waals surface area (Å²) in [6.07, 6.45) is 4.57. The monoisotopic (exact) mass is 257 g/mol. The number of hydrogen-bond donors (Lipinski definition) is 2. The largest absolute Gasteiger partial charge is 0.508 e. The first-order valence-electron chi connectivity index (χ1n) is 6.30. The van der Waals surface area contributed by atoms with Crippen molar-refractivity contribution in [2.75, 3.05) is 19.3 Å². The molecule has 0 aliphatic rings. The van der Waals surface area contributed by atoms with E-state index in [4.69, 9.17) is 5.73 Å². The van der Waals surface area contributed by atoms with Gasteiger partial charge in [0.1, 0.15) is 5.75 Å². The maximum absolute atomic E-state index is 9.78. The van der Waals surface area contributed by atoms with Gasteiger partial charge in [0.25, 0.3) is 0 Å². The molecule has 0 bridgehead atoms. The topological polar surface area (TPSA) is 62.4 Å². The molecule has 2 aromatic rings. The molecule has 3 N–H and O–H groups in total. The number of phenolic OH excluding ortho intramolecular Hbond substituents is 1. The zero-order valence-corrected chi connectivity index (χ0v) is 11.1. The Morgan fingerprint density at radius 2 is 1.95 bits per heavy atom. The van der Waals surface area contributed by atoms with Crippen LogP contribution in [0, 0.1) is 0 Å². The summed E-state index contributed by atoms with van der Waals surface area (Å²) in [6, 6.07) is 9.20. The van der Waals surface area contributed by atoms with Crippen LogP contribution < -0.4 is 5.73 Å². The van der Waals surface area contributed by atoms with E-state index in [0.29, 0.717) is 18.0 Å². The van der Waals surface area contributed by atoms with Crippen molar-refractivity contribution in [3.05, 3.63) is 53.9 Å². The van der Waals surface area contributed by atoms with Crippen LogP contribution in [0.4, 0.5) is 5.69 Å². The van der Waals surface area contributed by atoms with Crippen molar-refractivity contribution in [1.29, 1.82) is 0 Å². The molecular formula is C15H19N3O. The van der Waals surface area contributed by atoms with E-state index in [1.165, 1.54) is 5.56 Å². The second-order valence-electron chi connectivity index (χ2n) is 4.73. The number of aromatic hydroxyl groups is 1. The Morgan fingerprint density at radius 3 is 2.68 bits per heavy atom. The molecule has 0 saturated carbocycles. The number of hydrogen-bond acceptors (Lipinski definition) is 4. The maximum atomic E-state index is 9.78. The summed E-state index contributed by atoms with van der Waals surface area (Å²) < 4.78 is 0. The summed E-state index contributed by atoms with van der Waals surface area (Å²) in [6.45, 7) is 1.60. The Kier molecular flexibility index (Phi) is 4.36. The molecule has 0 saturated heterocycles. The fourth-order valence-corrected chi connectivity index (χ4v) is 1.97. The Labute approximate surface area is 113 Å². The first-order chi connectivity index (χ1) is 9.15. The molecule has 1 aromatic heterocycles. The van der Waals surface area contributed by atoms with Crippen LogP contribution in [0.2, 0.25) is 0 Å². The molecule has 0 amide bonds. The quantitative estimate of drug-likeness (QED) is 0.635. The molecule has 0 unspecified atom stereocenters. The zero-order chi connectivity index (χ0) is 13.7. The standard InChI is InChI=1S/C15H19N3O/c1-18(9-6-12-4-7-17-8-5-12)11-13-10-14(16)2-3-15(13)19/h2-5,7-8,10,19H,6,9,11,16H2,1H3. The van der Waals surface area contributed by atoms with Crippen LogP contribution in [0.25, 0.3) is 0 Å². The lowest BCUT2D eigenvalue weighted by molar-refractivity contribution is 0.324. The van der Waals surface area contributed by atoms with E-state index in [2.05, 4.69) is 9.88 Å². The van der Waals surface area contributed by atoms with Crippen molar-refractivity contribution in [3.8, 4) is 5.75 Å². The summed E-state index contributed by atoms with van der Waals surface area (Å²) in [4.78, 5) is 6.16. The Bertz CT molecular complexity index is 528. The number of nitrogen functional groups attached to an aromatic ring is 1. The van der Waals surface area contributed by atoms with Crippen molar-refractivity contribution in [2.24, 2.45) is 0 Å². The molecule has 4 heteroatoms. The summed E-state index contributed by atoms with van der Waals surface area (Å²) >= 11 is 0. The van der Waals surface area contributed by atoms with Crippen LogP contribution in [-0.4, -0.2) is 28.6 Å². The number of rotatable bonds is 5. The molecule has 1 heterocycles. The molecule has 0 radical (unpaired) electrons. The van der Waals surface area contributed by atoms with E-state index in [1.807, 2.05) is 25.2 Å². The number of anilines is 1. The lowest BCUT2D eigenvalue weighted by atomic mass is 10.1. The number of aromatic nitrogens is 1. The minimum Gasteiger partial charge on any atom is -0.508 e. The van der Waals surface area contributed by atoms with Gasteiger partial charge in [0, 0.05) is 36.7 Å². The summed E-state index contributed by atoms with van der Waals surface area (Å²) in [7, 11) is 2.03. The highest BCUT2D eigenvalue weighted by Gasteiger charge is 2.06. The number of likely N-dealkylation sites (N-methyl/N-ethyl adjacent to an activating group) is 1. The number of nitrogens with zero attached hydrogens (tertiary/aromatic N) is 2. The van der Waals surface area contributed by atoms with Crippen molar-refractivity contribution in [1.82, 2.24) is 9.88 Å². The van der Waals surface area contributed by atoms with Gasteiger partial charge in [-0.15, -0.1) is 0 Å². The van der Waals surface area contributed by atoms with Gasteiger partial charge in [0.05, 0.1) is 0 Å². The van der Waals surface area contributed by atoms with E-state index in [9.17, 15) is 5.11 Å². The van der Waals surface area contributed by atoms with Crippen LogP contribution in [0.3, 0.4) is 0 Å². The highest BCUT2D eigenvalue weighted by molar-refractivity contribution is 5.47. The zero-order valence-electron chi connectivity index (χ0n) is 11.1. The van der Waals surface area contributed by atoms with Gasteiger partial charge in [0.15, 0.2) is 0 Å². The van der Waals surface area contributed by atoms with E-state index < -0.39 is 0 Å². The number of nitrogens with two attached hydrogens (primary N) is 1. The normalized spacial score (nSPS) is 10.8. The number of phenols is 1. The third-order valence-electron chi connectivity index (χ3n) is 3.08. The lowest BCUT2D eigenvalue weighted by Crippen LogP contribution is -2.20. The van der Waals surface area contributed by atoms with Gasteiger partial charge in [0.2, 0.25) is 0 Å². The van der Waals surface area contributed by atoms with E-state index >= 15 is 0 Å². The van der Waals surface area contributed by atoms with Crippen LogP contribution >= 0.6 is 0 Å². The van der Waals surface area contributed by atoms with Gasteiger partial charge in [-0.1, -0.05) is 0 Å². The molecule has 2 rings (SSSR count). The Balaban J connectivity index is 1.90. The SMILES string of the molecule is CN(CCc1ccncc1)Cc1cc(N)ccc1O. The van der Waals surface area contributed by atoms with Crippen molar-refractivity contribution < 1.29 is 5.11 Å². The van der Waals surface area contributed by atoms with Crippen LogP contribution in [-0.2, 0) is 13.0 Å². The minimum atomic E-state index is 0.296. The minimum absolute atomic E-state index is 0.296. The molecule has 4 nitrogen and oxygen atoms in total. The first kappa shape index (κ1) is 13.4. The smallest absolute Gasteiger partial charge is 0.120 e. The third kappa shape index (κ3) is 3.96. The van der Waals surface area contributed by atoms with Gasteiger partial charge in [-0.2, -0.15) is 0 Å². The summed E-state index contributed by atoms with van der Waals surface area (Å²) in [5, 5.41) is 9.78. The van der Waals surface area contributed by atoms with Gasteiger partial charge in [-0.05, 0) is 49.4 Å². The first-order valence-corrected chi connectivity index (χ1v) is 6.30. The van der Waals surface area contributed by atoms with Gasteiger partial charge in [-0.3, -0.25) is 4.98 Å². The second kappa shape index (κ2) is 6.20. The Morgan fingerprint density at radius 1 is 1.21 bits per heavy atom. The van der Waals surface area contributed by atoms with E-state index in [1.54, 1.807) is 24.5 Å². The van der Waals surface area contributed by atoms with Crippen molar-refractivity contribution in [2.45, 2.75) is 13.0 Å². The summed E-state index contributed by atoms with van der Waals surface area (Å²) in [5.41, 5.74) is 8.53. The molecule has 0 aliphatic heterocycles. The van der Waals surface area contributed by atoms with Crippen LogP contribution in [0.1, 0.15) is 11.1 Å². The average Bonchev–Trinajstić information content (AvgIpc) is 2.42. The fourth-order valence-electron chi connectivity index (χ4n) is 1.97. The van der Waals surface area contributed by atoms with E-state index in [0.717, 1.165) is 18.5 Å². The predicted octanol–water partition coefficient (Wildman–Crippen LogP) is 2.04. The molecule has 0 atom stereocenters. The highest BCUT2D eigenvalue weighted by Crippen LogP contribution is 2.21. The lowest BCUT2D eigenvalue weighted by Gasteiger charge is -2.17. The second-order valence-corrected chi connectivity index (χ2v) is 4.73. The van der Waals surface area contributed by atoms with Gasteiger partial charge < -0.3 is 15.7 Å². The molecule has 100 valence electrons. The summed E-state index contributed by atoms with van der Waals surface area (Å²) in [5.74, 6) is 0.296. The highest BCUT2D eigenvalue weighted by atomic mass is 16.3. The van der Waals surface area contributed by atoms with E-state index in [-0.39, 0.29) is 0 Å². The number of benzene rings is 1. The van der Waals surface area contributed by atoms with Crippen LogP contribution in [0.5, 0.6) is 5.75 Å². The fraction of sp³-hybridized carbons (Fsp3) is 0.267.